The Hall–Kier alpha value is -1.19. The Bertz CT molecular complexity index is 314. The van der Waals surface area contributed by atoms with Crippen molar-refractivity contribution in [1.82, 2.24) is 0 Å². The molecule has 0 aliphatic carbocycles. The van der Waals surface area contributed by atoms with E-state index in [0.717, 1.165) is 12.0 Å². The van der Waals surface area contributed by atoms with Crippen LogP contribution in [0.5, 0.6) is 11.5 Å². The molecule has 1 aromatic carbocycles. The van der Waals surface area contributed by atoms with Crippen LogP contribution in [0.25, 0.3) is 0 Å². The molecule has 0 spiro atoms. The van der Waals surface area contributed by atoms with Crippen LogP contribution in [0.1, 0.15) is 11.1 Å². The largest absolute Gasteiger partial charge is 0.504 e. The van der Waals surface area contributed by atoms with E-state index < -0.39 is 0 Å². The van der Waals surface area contributed by atoms with Crippen molar-refractivity contribution in [2.75, 3.05) is 7.11 Å². The Morgan fingerprint density at radius 3 is 2.67 bits per heavy atom. The van der Waals surface area contributed by atoms with Crippen molar-refractivity contribution < 1.29 is 9.84 Å². The Kier molecular flexibility index (Phi) is 5.82. The van der Waals surface area contributed by atoms with Crippen molar-refractivity contribution in [3.05, 3.63) is 35.9 Å². The smallest absolute Gasteiger partial charge is 0.162 e. The van der Waals surface area contributed by atoms with E-state index in [2.05, 4.69) is 6.58 Å². The highest BCUT2D eigenvalue weighted by atomic mass is 35.5. The number of phenols is 1. The summed E-state index contributed by atoms with van der Waals surface area (Å²) in [7, 11) is 1.52. The topological polar surface area (TPSA) is 55.5 Å². The predicted octanol–water partition coefficient (Wildman–Crippen LogP) is 2.01. The van der Waals surface area contributed by atoms with Crippen LogP contribution in [-0.2, 0) is 13.0 Å². The van der Waals surface area contributed by atoms with Crippen LogP contribution in [0.4, 0.5) is 0 Å². The third kappa shape index (κ3) is 3.15. The van der Waals surface area contributed by atoms with Crippen LogP contribution in [0.3, 0.4) is 0 Å². The van der Waals surface area contributed by atoms with Crippen LogP contribution in [-0.4, -0.2) is 12.2 Å². The standard InChI is InChI=1S/C11H15NO2.ClH/c1-3-4-8-5-9(7-12)11(13)10(6-8)14-2;/h3,5-6,13H,1,4,7,12H2,2H3;1H. The normalized spacial score (nSPS) is 9.20. The van der Waals surface area contributed by atoms with Crippen LogP contribution in [0, 0.1) is 0 Å². The minimum absolute atomic E-state index is 0. The number of ether oxygens (including phenoxy) is 1. The third-order valence-corrected chi connectivity index (χ3v) is 2.03. The second-order valence-electron chi connectivity index (χ2n) is 3.00. The predicted molar refractivity (Wildman–Crippen MR) is 63.7 cm³/mol. The molecule has 0 heterocycles. The lowest BCUT2D eigenvalue weighted by atomic mass is 10.1. The van der Waals surface area contributed by atoms with Crippen molar-refractivity contribution in [3.63, 3.8) is 0 Å². The minimum Gasteiger partial charge on any atom is -0.504 e. The second kappa shape index (κ2) is 6.32. The first kappa shape index (κ1) is 13.8. The summed E-state index contributed by atoms with van der Waals surface area (Å²) in [5.41, 5.74) is 7.23. The van der Waals surface area contributed by atoms with Crippen molar-refractivity contribution in [2.24, 2.45) is 5.73 Å². The Balaban J connectivity index is 0.00000196. The Labute approximate surface area is 96.0 Å². The molecule has 84 valence electrons. The first-order chi connectivity index (χ1) is 6.72. The summed E-state index contributed by atoms with van der Waals surface area (Å²) in [6, 6.07) is 3.65. The highest BCUT2D eigenvalue weighted by Crippen LogP contribution is 2.31. The first-order valence-corrected chi connectivity index (χ1v) is 4.42. The first-order valence-electron chi connectivity index (χ1n) is 4.42. The van der Waals surface area contributed by atoms with Crippen molar-refractivity contribution in [1.29, 1.82) is 0 Å². The van der Waals surface area contributed by atoms with Gasteiger partial charge >= 0.3 is 0 Å². The zero-order valence-corrected chi connectivity index (χ0v) is 9.51. The fourth-order valence-corrected chi connectivity index (χ4v) is 1.32. The molecule has 4 heteroatoms. The molecule has 0 fully saturated rings. The number of methoxy groups -OCH3 is 1. The highest BCUT2D eigenvalue weighted by molar-refractivity contribution is 5.85. The van der Waals surface area contributed by atoms with Crippen molar-refractivity contribution in [2.45, 2.75) is 13.0 Å². The van der Waals surface area contributed by atoms with Gasteiger partial charge in [0.25, 0.3) is 0 Å². The maximum Gasteiger partial charge on any atom is 0.162 e. The summed E-state index contributed by atoms with van der Waals surface area (Å²) in [5, 5.41) is 9.65. The van der Waals surface area contributed by atoms with E-state index in [1.54, 1.807) is 12.1 Å². The number of nitrogens with two attached hydrogens (primary N) is 1. The van der Waals surface area contributed by atoms with E-state index in [1.807, 2.05) is 6.07 Å². The fourth-order valence-electron chi connectivity index (χ4n) is 1.32. The quantitative estimate of drug-likeness (QED) is 0.777. The molecule has 0 unspecified atom stereocenters. The van der Waals surface area contributed by atoms with Gasteiger partial charge in [-0.25, -0.2) is 0 Å². The van der Waals surface area contributed by atoms with E-state index >= 15 is 0 Å². The van der Waals surface area contributed by atoms with Crippen LogP contribution < -0.4 is 10.5 Å². The molecule has 0 aliphatic heterocycles. The average Bonchev–Trinajstić information content (AvgIpc) is 2.20. The molecule has 0 saturated heterocycles. The number of benzene rings is 1. The highest BCUT2D eigenvalue weighted by Gasteiger charge is 2.08. The molecule has 3 nitrogen and oxygen atoms in total. The molecule has 1 rings (SSSR count). The summed E-state index contributed by atoms with van der Waals surface area (Å²) >= 11 is 0. The van der Waals surface area contributed by atoms with Crippen LogP contribution in [0.2, 0.25) is 0 Å². The summed E-state index contributed by atoms with van der Waals surface area (Å²) in [4.78, 5) is 0. The lowest BCUT2D eigenvalue weighted by Gasteiger charge is -2.09. The number of allylic oxidation sites excluding steroid dienone is 1. The molecule has 15 heavy (non-hydrogen) atoms. The van der Waals surface area contributed by atoms with Gasteiger partial charge in [-0.2, -0.15) is 0 Å². The molecule has 0 amide bonds. The van der Waals surface area contributed by atoms with E-state index in [0.29, 0.717) is 17.9 Å². The second-order valence-corrected chi connectivity index (χ2v) is 3.00. The van der Waals surface area contributed by atoms with E-state index in [-0.39, 0.29) is 18.2 Å². The Morgan fingerprint density at radius 2 is 2.20 bits per heavy atom. The maximum atomic E-state index is 9.65. The number of phenolic OH excluding ortho intramolecular Hbond substituents is 1. The third-order valence-electron chi connectivity index (χ3n) is 2.03. The van der Waals surface area contributed by atoms with Gasteiger partial charge < -0.3 is 15.6 Å². The van der Waals surface area contributed by atoms with Gasteiger partial charge in [-0.3, -0.25) is 0 Å². The number of aromatic hydroxyl groups is 1. The monoisotopic (exact) mass is 229 g/mol. The number of hydrogen-bond donors (Lipinski definition) is 2. The Morgan fingerprint density at radius 1 is 1.53 bits per heavy atom. The molecule has 0 saturated carbocycles. The van der Waals surface area contributed by atoms with Gasteiger partial charge in [-0.05, 0) is 18.1 Å². The van der Waals surface area contributed by atoms with Crippen LogP contribution in [0.15, 0.2) is 24.8 Å². The summed E-state index contributed by atoms with van der Waals surface area (Å²) in [6.45, 7) is 3.95. The van der Waals surface area contributed by atoms with Gasteiger partial charge in [0.1, 0.15) is 0 Å². The van der Waals surface area contributed by atoms with Gasteiger partial charge in [-0.15, -0.1) is 19.0 Å². The molecular weight excluding hydrogens is 214 g/mol. The summed E-state index contributed by atoms with van der Waals surface area (Å²) in [6.07, 6.45) is 2.54. The lowest BCUT2D eigenvalue weighted by molar-refractivity contribution is 0.370. The maximum absolute atomic E-state index is 9.65. The van der Waals surface area contributed by atoms with Crippen LogP contribution >= 0.6 is 12.4 Å². The molecule has 1 aromatic rings. The molecule has 0 radical (unpaired) electrons. The van der Waals surface area contributed by atoms with Gasteiger partial charge in [0.2, 0.25) is 0 Å². The molecular formula is C11H16ClNO2. The zero-order chi connectivity index (χ0) is 10.6. The summed E-state index contributed by atoms with van der Waals surface area (Å²) < 4.78 is 5.03. The minimum atomic E-state index is 0. The molecule has 0 aromatic heterocycles. The number of hydrogen-bond acceptors (Lipinski definition) is 3. The molecule has 0 aliphatic rings. The number of rotatable bonds is 4. The van der Waals surface area contributed by atoms with Gasteiger partial charge in [0, 0.05) is 12.1 Å². The van der Waals surface area contributed by atoms with Crippen molar-refractivity contribution >= 4 is 12.4 Å². The van der Waals surface area contributed by atoms with Gasteiger partial charge in [0.15, 0.2) is 11.5 Å². The average molecular weight is 230 g/mol. The fraction of sp³-hybridized carbons (Fsp3) is 0.273. The van der Waals surface area contributed by atoms with E-state index in [4.69, 9.17) is 10.5 Å². The van der Waals surface area contributed by atoms with Crippen molar-refractivity contribution in [3.8, 4) is 11.5 Å². The van der Waals surface area contributed by atoms with Gasteiger partial charge in [-0.1, -0.05) is 12.1 Å². The number of halogens is 1. The van der Waals surface area contributed by atoms with Gasteiger partial charge in [0.05, 0.1) is 7.11 Å². The lowest BCUT2D eigenvalue weighted by Crippen LogP contribution is -1.99. The zero-order valence-electron chi connectivity index (χ0n) is 8.69. The molecule has 0 atom stereocenters. The molecule has 0 bridgehead atoms. The van der Waals surface area contributed by atoms with E-state index in [1.165, 1.54) is 7.11 Å². The summed E-state index contributed by atoms with van der Waals surface area (Å²) in [5.74, 6) is 0.590. The molecule has 3 N–H and O–H groups in total. The van der Waals surface area contributed by atoms with E-state index in [9.17, 15) is 5.11 Å². The SMILES string of the molecule is C=CCc1cc(CN)c(O)c(OC)c1.Cl.